The Morgan fingerprint density at radius 2 is 1.83 bits per heavy atom. The minimum absolute atomic E-state index is 0.0216. The molecule has 0 saturated heterocycles. The second-order valence-corrected chi connectivity index (χ2v) is 6.04. The van der Waals surface area contributed by atoms with Gasteiger partial charge in [0.15, 0.2) is 0 Å². The van der Waals surface area contributed by atoms with E-state index in [9.17, 15) is 4.79 Å². The van der Waals surface area contributed by atoms with Gasteiger partial charge in [-0.3, -0.25) is 4.79 Å². The van der Waals surface area contributed by atoms with Gasteiger partial charge in [-0.2, -0.15) is 0 Å². The van der Waals surface area contributed by atoms with Crippen molar-refractivity contribution in [2.24, 2.45) is 7.05 Å². The van der Waals surface area contributed by atoms with Gasteiger partial charge < -0.3 is 14.9 Å². The first-order chi connectivity index (χ1) is 11.7. The quantitative estimate of drug-likeness (QED) is 0.593. The summed E-state index contributed by atoms with van der Waals surface area (Å²) in [6.45, 7) is 0.615. The number of para-hydroxylation sites is 2. The third-order valence-electron chi connectivity index (χ3n) is 4.50. The van der Waals surface area contributed by atoms with Gasteiger partial charge in [-0.05, 0) is 24.1 Å². The minimum atomic E-state index is -0.0216. The number of fused-ring (bicyclic) bond motifs is 2. The van der Waals surface area contributed by atoms with Crippen LogP contribution in [0.4, 0.5) is 0 Å². The van der Waals surface area contributed by atoms with E-state index in [2.05, 4.69) is 22.4 Å². The molecule has 1 amide bonds. The first kappa shape index (κ1) is 14.6. The summed E-state index contributed by atoms with van der Waals surface area (Å²) in [6.07, 6.45) is 4.72. The van der Waals surface area contributed by atoms with Crippen LogP contribution in [-0.4, -0.2) is 22.0 Å². The van der Waals surface area contributed by atoms with Crippen LogP contribution in [0.1, 0.15) is 15.9 Å². The number of aromatic amines is 1. The molecule has 4 heteroatoms. The smallest absolute Gasteiger partial charge is 0.253 e. The van der Waals surface area contributed by atoms with Crippen LogP contribution in [0.25, 0.3) is 21.8 Å². The van der Waals surface area contributed by atoms with Crippen molar-refractivity contribution >= 4 is 27.7 Å². The number of aryl methyl sites for hydroxylation is 1. The average molecular weight is 317 g/mol. The highest BCUT2D eigenvalue weighted by atomic mass is 16.1. The van der Waals surface area contributed by atoms with E-state index in [-0.39, 0.29) is 5.91 Å². The van der Waals surface area contributed by atoms with Gasteiger partial charge in [-0.1, -0.05) is 36.4 Å². The van der Waals surface area contributed by atoms with Gasteiger partial charge in [0.1, 0.15) is 0 Å². The van der Waals surface area contributed by atoms with Crippen molar-refractivity contribution in [3.8, 4) is 0 Å². The lowest BCUT2D eigenvalue weighted by molar-refractivity contribution is 0.0955. The normalized spacial score (nSPS) is 11.2. The van der Waals surface area contributed by atoms with Crippen molar-refractivity contribution in [3.63, 3.8) is 0 Å². The second kappa shape index (κ2) is 5.89. The zero-order chi connectivity index (χ0) is 16.5. The number of nitrogens with zero attached hydrogens (tertiary/aromatic N) is 1. The zero-order valence-corrected chi connectivity index (χ0v) is 13.5. The maximum atomic E-state index is 12.5. The fourth-order valence-electron chi connectivity index (χ4n) is 3.27. The minimum Gasteiger partial charge on any atom is -0.361 e. The Hall–Kier alpha value is -3.01. The second-order valence-electron chi connectivity index (χ2n) is 6.04. The summed E-state index contributed by atoms with van der Waals surface area (Å²) in [5.41, 5.74) is 4.16. The molecule has 0 saturated carbocycles. The number of carbonyl (C=O) groups is 1. The predicted molar refractivity (Wildman–Crippen MR) is 97.3 cm³/mol. The Morgan fingerprint density at radius 1 is 1.08 bits per heavy atom. The summed E-state index contributed by atoms with van der Waals surface area (Å²) in [5.74, 6) is -0.0216. The van der Waals surface area contributed by atoms with Gasteiger partial charge in [-0.15, -0.1) is 0 Å². The molecule has 4 nitrogen and oxygen atoms in total. The standard InChI is InChI=1S/C20H19N3O/c1-23-13-17(16-7-3-5-9-19(16)23)20(24)21-11-10-14-12-22-18-8-4-2-6-15(14)18/h2-9,12-13,22H,10-11H2,1H3,(H,21,24). The molecule has 2 N–H and O–H groups in total. The van der Waals surface area contributed by atoms with E-state index >= 15 is 0 Å². The summed E-state index contributed by atoms with van der Waals surface area (Å²) in [5, 5.41) is 5.25. The highest BCUT2D eigenvalue weighted by Gasteiger charge is 2.13. The van der Waals surface area contributed by atoms with Gasteiger partial charge in [0.05, 0.1) is 5.56 Å². The van der Waals surface area contributed by atoms with Crippen LogP contribution in [0.3, 0.4) is 0 Å². The summed E-state index contributed by atoms with van der Waals surface area (Å²) < 4.78 is 1.99. The number of rotatable bonds is 4. The molecule has 0 bridgehead atoms. The Balaban J connectivity index is 1.48. The number of benzene rings is 2. The van der Waals surface area contributed by atoms with E-state index in [1.165, 1.54) is 10.9 Å². The maximum Gasteiger partial charge on any atom is 0.253 e. The van der Waals surface area contributed by atoms with E-state index in [0.717, 1.165) is 28.4 Å². The molecule has 0 fully saturated rings. The van der Waals surface area contributed by atoms with E-state index in [1.807, 2.05) is 60.4 Å². The lowest BCUT2D eigenvalue weighted by Gasteiger charge is -2.04. The largest absolute Gasteiger partial charge is 0.361 e. The van der Waals surface area contributed by atoms with Crippen LogP contribution >= 0.6 is 0 Å². The molecular formula is C20H19N3O. The van der Waals surface area contributed by atoms with Crippen molar-refractivity contribution in [1.29, 1.82) is 0 Å². The molecular weight excluding hydrogens is 298 g/mol. The van der Waals surface area contributed by atoms with Crippen LogP contribution in [0.2, 0.25) is 0 Å². The molecule has 0 spiro atoms. The summed E-state index contributed by atoms with van der Waals surface area (Å²) in [7, 11) is 1.96. The van der Waals surface area contributed by atoms with E-state index in [0.29, 0.717) is 6.54 Å². The summed E-state index contributed by atoms with van der Waals surface area (Å²) in [4.78, 5) is 15.8. The topological polar surface area (TPSA) is 49.8 Å². The Morgan fingerprint density at radius 3 is 2.71 bits per heavy atom. The third-order valence-corrected chi connectivity index (χ3v) is 4.50. The molecule has 0 aliphatic carbocycles. The van der Waals surface area contributed by atoms with E-state index in [4.69, 9.17) is 0 Å². The number of H-pyrrole nitrogens is 1. The van der Waals surface area contributed by atoms with Gasteiger partial charge in [0, 0.05) is 47.8 Å². The van der Waals surface area contributed by atoms with Crippen molar-refractivity contribution < 1.29 is 4.79 Å². The van der Waals surface area contributed by atoms with Gasteiger partial charge in [0.2, 0.25) is 0 Å². The van der Waals surface area contributed by atoms with Crippen LogP contribution < -0.4 is 5.32 Å². The molecule has 0 atom stereocenters. The average Bonchev–Trinajstić information content (AvgIpc) is 3.17. The molecule has 4 aromatic rings. The number of nitrogens with one attached hydrogen (secondary N) is 2. The molecule has 0 radical (unpaired) electrons. The van der Waals surface area contributed by atoms with E-state index < -0.39 is 0 Å². The lowest BCUT2D eigenvalue weighted by atomic mass is 10.1. The first-order valence-electron chi connectivity index (χ1n) is 8.11. The number of amides is 1. The predicted octanol–water partition coefficient (Wildman–Crippen LogP) is 3.63. The SMILES string of the molecule is Cn1cc(C(=O)NCCc2c[nH]c3ccccc23)c2ccccc21. The first-order valence-corrected chi connectivity index (χ1v) is 8.11. The number of carbonyl (C=O) groups excluding carboxylic acids is 1. The van der Waals surface area contributed by atoms with Crippen LogP contribution in [0.5, 0.6) is 0 Å². The van der Waals surface area contributed by atoms with Crippen molar-refractivity contribution in [3.05, 3.63) is 72.1 Å². The zero-order valence-electron chi connectivity index (χ0n) is 13.5. The highest BCUT2D eigenvalue weighted by Crippen LogP contribution is 2.20. The molecule has 120 valence electrons. The summed E-state index contributed by atoms with van der Waals surface area (Å²) >= 11 is 0. The molecule has 2 aromatic heterocycles. The van der Waals surface area contributed by atoms with Crippen LogP contribution in [0, 0.1) is 0 Å². The van der Waals surface area contributed by atoms with Crippen LogP contribution in [-0.2, 0) is 13.5 Å². The van der Waals surface area contributed by atoms with E-state index in [1.54, 1.807) is 0 Å². The third kappa shape index (κ3) is 2.46. The number of hydrogen-bond acceptors (Lipinski definition) is 1. The fourth-order valence-corrected chi connectivity index (χ4v) is 3.27. The maximum absolute atomic E-state index is 12.5. The van der Waals surface area contributed by atoms with Gasteiger partial charge >= 0.3 is 0 Å². The molecule has 0 aliphatic heterocycles. The molecule has 0 unspecified atom stereocenters. The molecule has 0 aliphatic rings. The molecule has 4 rings (SSSR count). The van der Waals surface area contributed by atoms with Gasteiger partial charge in [-0.25, -0.2) is 0 Å². The molecule has 2 aromatic carbocycles. The Kier molecular flexibility index (Phi) is 3.58. The van der Waals surface area contributed by atoms with Crippen molar-refractivity contribution in [2.75, 3.05) is 6.54 Å². The molecule has 24 heavy (non-hydrogen) atoms. The Labute approximate surface area is 140 Å². The fraction of sp³-hybridized carbons (Fsp3) is 0.150. The molecule has 2 heterocycles. The number of hydrogen-bond donors (Lipinski definition) is 2. The Bertz CT molecular complexity index is 1030. The number of aromatic nitrogens is 2. The van der Waals surface area contributed by atoms with Crippen LogP contribution in [0.15, 0.2) is 60.9 Å². The van der Waals surface area contributed by atoms with Gasteiger partial charge in [0.25, 0.3) is 5.91 Å². The monoisotopic (exact) mass is 317 g/mol. The lowest BCUT2D eigenvalue weighted by Crippen LogP contribution is -2.25. The highest BCUT2D eigenvalue weighted by molar-refractivity contribution is 6.07. The van der Waals surface area contributed by atoms with Crippen molar-refractivity contribution in [2.45, 2.75) is 6.42 Å². The summed E-state index contributed by atoms with van der Waals surface area (Å²) in [6, 6.07) is 16.2. The van der Waals surface area contributed by atoms with Crippen molar-refractivity contribution in [1.82, 2.24) is 14.9 Å².